The van der Waals surface area contributed by atoms with E-state index in [1.165, 1.54) is 0 Å². The fraction of sp³-hybridized carbons (Fsp3) is 0.625. The van der Waals surface area contributed by atoms with Crippen LogP contribution in [0.25, 0.3) is 0 Å². The molecule has 0 fully saturated rings. The first-order valence-corrected chi connectivity index (χ1v) is 7.09. The summed E-state index contributed by atoms with van der Waals surface area (Å²) in [6, 6.07) is 9.66. The molecule has 2 unspecified atom stereocenters. The van der Waals surface area contributed by atoms with Gasteiger partial charge in [0.25, 0.3) is 0 Å². The quantitative estimate of drug-likeness (QED) is 0.698. The van der Waals surface area contributed by atoms with Crippen LogP contribution in [-0.4, -0.2) is 31.0 Å². The van der Waals surface area contributed by atoms with Crippen LogP contribution >= 0.6 is 0 Å². The van der Waals surface area contributed by atoms with E-state index < -0.39 is 6.10 Å². The van der Waals surface area contributed by atoms with Crippen molar-refractivity contribution in [2.24, 2.45) is 5.92 Å². The number of aliphatic hydroxyl groups is 1. The van der Waals surface area contributed by atoms with E-state index >= 15 is 0 Å². The molecular weight excluding hydrogens is 240 g/mol. The second-order valence-electron chi connectivity index (χ2n) is 5.05. The van der Waals surface area contributed by atoms with E-state index in [0.717, 1.165) is 18.6 Å². The minimum Gasteiger partial charge on any atom is -0.386 e. The molecule has 0 bridgehead atoms. The lowest BCUT2D eigenvalue weighted by Crippen LogP contribution is -2.29. The Labute approximate surface area is 116 Å². The smallest absolute Gasteiger partial charge is 0.105 e. The van der Waals surface area contributed by atoms with Gasteiger partial charge in [0.15, 0.2) is 0 Å². The standard InChI is InChI=1S/C16H26O3/c1-4-10-18-11-12-19-16(13(2)3)15(17)14-8-6-5-7-9-14/h5-9,13,15-17H,4,10-12H2,1-3H3. The fourth-order valence-corrected chi connectivity index (χ4v) is 1.98. The molecule has 0 amide bonds. The van der Waals surface area contributed by atoms with Gasteiger partial charge in [-0.3, -0.25) is 0 Å². The highest BCUT2D eigenvalue weighted by Gasteiger charge is 2.24. The third kappa shape index (κ3) is 5.72. The molecule has 0 aromatic heterocycles. The van der Waals surface area contributed by atoms with E-state index in [-0.39, 0.29) is 12.0 Å². The Hall–Kier alpha value is -0.900. The van der Waals surface area contributed by atoms with E-state index in [1.54, 1.807) is 0 Å². The summed E-state index contributed by atoms with van der Waals surface area (Å²) in [5, 5.41) is 10.4. The predicted octanol–water partition coefficient (Wildman–Crippen LogP) is 3.19. The van der Waals surface area contributed by atoms with Crippen molar-refractivity contribution in [1.29, 1.82) is 0 Å². The maximum atomic E-state index is 10.4. The number of hydrogen-bond donors (Lipinski definition) is 1. The minimum absolute atomic E-state index is 0.201. The zero-order chi connectivity index (χ0) is 14.1. The van der Waals surface area contributed by atoms with Crippen molar-refractivity contribution in [3.05, 3.63) is 35.9 Å². The summed E-state index contributed by atoms with van der Waals surface area (Å²) < 4.78 is 11.2. The summed E-state index contributed by atoms with van der Waals surface area (Å²) >= 11 is 0. The summed E-state index contributed by atoms with van der Waals surface area (Å²) in [5.41, 5.74) is 0.899. The Morgan fingerprint density at radius 1 is 1.05 bits per heavy atom. The van der Waals surface area contributed by atoms with E-state index in [4.69, 9.17) is 9.47 Å². The Morgan fingerprint density at radius 3 is 2.32 bits per heavy atom. The Balaban J connectivity index is 2.48. The Bertz CT molecular complexity index is 324. The van der Waals surface area contributed by atoms with Crippen molar-refractivity contribution >= 4 is 0 Å². The van der Waals surface area contributed by atoms with E-state index in [1.807, 2.05) is 30.3 Å². The molecule has 0 saturated heterocycles. The molecule has 0 aliphatic rings. The molecule has 1 N–H and O–H groups in total. The number of aliphatic hydroxyl groups excluding tert-OH is 1. The van der Waals surface area contributed by atoms with Crippen LogP contribution in [0.3, 0.4) is 0 Å². The van der Waals surface area contributed by atoms with Gasteiger partial charge >= 0.3 is 0 Å². The van der Waals surface area contributed by atoms with Crippen LogP contribution in [0.5, 0.6) is 0 Å². The number of rotatable bonds is 9. The van der Waals surface area contributed by atoms with Crippen LogP contribution in [-0.2, 0) is 9.47 Å². The van der Waals surface area contributed by atoms with Crippen molar-refractivity contribution in [3.8, 4) is 0 Å². The molecule has 1 aromatic rings. The van der Waals surface area contributed by atoms with Crippen molar-refractivity contribution < 1.29 is 14.6 Å². The van der Waals surface area contributed by atoms with Gasteiger partial charge < -0.3 is 14.6 Å². The summed E-state index contributed by atoms with van der Waals surface area (Å²) in [5.74, 6) is 0.251. The topological polar surface area (TPSA) is 38.7 Å². The lowest BCUT2D eigenvalue weighted by atomic mass is 9.96. The van der Waals surface area contributed by atoms with Gasteiger partial charge in [-0.15, -0.1) is 0 Å². The van der Waals surface area contributed by atoms with Crippen LogP contribution in [0.1, 0.15) is 38.9 Å². The van der Waals surface area contributed by atoms with Gasteiger partial charge in [-0.1, -0.05) is 51.1 Å². The number of benzene rings is 1. The van der Waals surface area contributed by atoms with Gasteiger partial charge in [-0.05, 0) is 17.9 Å². The van der Waals surface area contributed by atoms with Gasteiger partial charge in [-0.25, -0.2) is 0 Å². The van der Waals surface area contributed by atoms with Gasteiger partial charge in [0.2, 0.25) is 0 Å². The van der Waals surface area contributed by atoms with Crippen LogP contribution < -0.4 is 0 Å². The zero-order valence-corrected chi connectivity index (χ0v) is 12.2. The van der Waals surface area contributed by atoms with Crippen molar-refractivity contribution in [2.75, 3.05) is 19.8 Å². The maximum absolute atomic E-state index is 10.4. The highest BCUT2D eigenvalue weighted by molar-refractivity contribution is 5.18. The average Bonchev–Trinajstić information content (AvgIpc) is 2.43. The molecule has 0 radical (unpaired) electrons. The molecule has 0 aliphatic carbocycles. The lowest BCUT2D eigenvalue weighted by Gasteiger charge is -2.27. The van der Waals surface area contributed by atoms with Crippen LogP contribution in [0.15, 0.2) is 30.3 Å². The predicted molar refractivity (Wildman–Crippen MR) is 77.1 cm³/mol. The van der Waals surface area contributed by atoms with E-state index in [0.29, 0.717) is 13.2 Å². The first-order valence-electron chi connectivity index (χ1n) is 7.09. The fourth-order valence-electron chi connectivity index (χ4n) is 1.98. The zero-order valence-electron chi connectivity index (χ0n) is 12.2. The van der Waals surface area contributed by atoms with Crippen molar-refractivity contribution in [3.63, 3.8) is 0 Å². The molecule has 1 aromatic carbocycles. The molecule has 3 heteroatoms. The molecule has 2 atom stereocenters. The second-order valence-corrected chi connectivity index (χ2v) is 5.05. The first-order chi connectivity index (χ1) is 9.16. The van der Waals surface area contributed by atoms with Crippen molar-refractivity contribution in [1.82, 2.24) is 0 Å². The Morgan fingerprint density at radius 2 is 1.74 bits per heavy atom. The Kier molecular flexibility index (Phi) is 7.72. The monoisotopic (exact) mass is 266 g/mol. The van der Waals surface area contributed by atoms with Gasteiger partial charge in [0.1, 0.15) is 6.10 Å². The molecular formula is C16H26O3. The first kappa shape index (κ1) is 16.2. The van der Waals surface area contributed by atoms with Crippen LogP contribution in [0.2, 0.25) is 0 Å². The molecule has 1 rings (SSSR count). The number of hydrogen-bond acceptors (Lipinski definition) is 3. The molecule has 0 saturated carbocycles. The third-order valence-corrected chi connectivity index (χ3v) is 3.00. The minimum atomic E-state index is -0.590. The van der Waals surface area contributed by atoms with Gasteiger partial charge in [0, 0.05) is 6.61 Å². The van der Waals surface area contributed by atoms with Gasteiger partial charge in [-0.2, -0.15) is 0 Å². The summed E-state index contributed by atoms with van der Waals surface area (Å²) in [6.45, 7) is 8.06. The third-order valence-electron chi connectivity index (χ3n) is 3.00. The summed E-state index contributed by atoms with van der Waals surface area (Å²) in [6.07, 6.45) is 0.222. The highest BCUT2D eigenvalue weighted by atomic mass is 16.5. The van der Waals surface area contributed by atoms with E-state index in [2.05, 4.69) is 20.8 Å². The molecule has 0 aliphatic heterocycles. The normalized spacial score (nSPS) is 14.6. The second kappa shape index (κ2) is 9.08. The van der Waals surface area contributed by atoms with Crippen LogP contribution in [0.4, 0.5) is 0 Å². The molecule has 19 heavy (non-hydrogen) atoms. The SMILES string of the molecule is CCCOCCOC(C(C)C)C(O)c1ccccc1. The molecule has 108 valence electrons. The molecule has 0 spiro atoms. The van der Waals surface area contributed by atoms with Crippen LogP contribution in [0, 0.1) is 5.92 Å². The number of ether oxygens (including phenoxy) is 2. The summed E-state index contributed by atoms with van der Waals surface area (Å²) in [4.78, 5) is 0. The maximum Gasteiger partial charge on any atom is 0.105 e. The van der Waals surface area contributed by atoms with Crippen molar-refractivity contribution in [2.45, 2.75) is 39.4 Å². The molecule has 3 nitrogen and oxygen atoms in total. The lowest BCUT2D eigenvalue weighted by molar-refractivity contribution is -0.0781. The van der Waals surface area contributed by atoms with E-state index in [9.17, 15) is 5.11 Å². The highest BCUT2D eigenvalue weighted by Crippen LogP contribution is 2.24. The van der Waals surface area contributed by atoms with Gasteiger partial charge in [0.05, 0.1) is 19.3 Å². The largest absolute Gasteiger partial charge is 0.386 e. The summed E-state index contributed by atoms with van der Waals surface area (Å²) in [7, 11) is 0. The molecule has 0 heterocycles. The average molecular weight is 266 g/mol.